The average molecular weight is 402 g/mol. The molecule has 2 aromatic carbocycles. The minimum absolute atomic E-state index is 0.229. The number of carbonyl (C=O) groups is 1. The summed E-state index contributed by atoms with van der Waals surface area (Å²) >= 11 is 0. The van der Waals surface area contributed by atoms with Crippen molar-refractivity contribution in [1.82, 2.24) is 0 Å². The molecule has 1 aliphatic heterocycles. The van der Waals surface area contributed by atoms with Gasteiger partial charge in [0.05, 0.1) is 0 Å². The molecule has 7 nitrogen and oxygen atoms in total. The number of para-hydroxylation sites is 1. The Balaban J connectivity index is 1.47. The van der Waals surface area contributed by atoms with E-state index in [4.69, 9.17) is 14.2 Å². The molecule has 156 valence electrons. The van der Waals surface area contributed by atoms with E-state index in [2.05, 4.69) is 0 Å². The highest BCUT2D eigenvalue weighted by molar-refractivity contribution is 5.69. The van der Waals surface area contributed by atoms with Crippen molar-refractivity contribution in [2.24, 2.45) is 0 Å². The molecule has 0 radical (unpaired) electrons. The van der Waals surface area contributed by atoms with E-state index in [0.29, 0.717) is 12.2 Å². The number of hydrogen-bond donors (Lipinski definition) is 3. The second-order valence-corrected chi connectivity index (χ2v) is 6.97. The summed E-state index contributed by atoms with van der Waals surface area (Å²) in [6.45, 7) is -0.246. The molecule has 1 aliphatic rings. The maximum atomic E-state index is 12.0. The first kappa shape index (κ1) is 21.3. The quantitative estimate of drug-likeness (QED) is 0.574. The predicted octanol–water partition coefficient (Wildman–Crippen LogP) is 1.44. The maximum Gasteiger partial charge on any atom is 0.305 e. The van der Waals surface area contributed by atoms with Crippen molar-refractivity contribution < 1.29 is 34.3 Å². The Morgan fingerprint density at radius 1 is 0.897 bits per heavy atom. The number of benzene rings is 2. The number of carbonyl (C=O) groups excluding carboxylic acids is 1. The average Bonchev–Trinajstić information content (AvgIpc) is 2.75. The molecule has 1 fully saturated rings. The molecule has 1 saturated heterocycles. The van der Waals surface area contributed by atoms with Gasteiger partial charge in [-0.3, -0.25) is 4.79 Å². The van der Waals surface area contributed by atoms with Crippen LogP contribution in [0, 0.1) is 0 Å². The second-order valence-electron chi connectivity index (χ2n) is 6.97. The number of esters is 1. The van der Waals surface area contributed by atoms with Gasteiger partial charge in [0.2, 0.25) is 6.29 Å². The third-order valence-electron chi connectivity index (χ3n) is 4.76. The van der Waals surface area contributed by atoms with Gasteiger partial charge < -0.3 is 29.5 Å². The zero-order valence-corrected chi connectivity index (χ0v) is 16.0. The Kier molecular flexibility index (Phi) is 7.60. The molecule has 7 heteroatoms. The first-order valence-corrected chi connectivity index (χ1v) is 9.65. The van der Waals surface area contributed by atoms with E-state index in [9.17, 15) is 20.1 Å². The summed E-state index contributed by atoms with van der Waals surface area (Å²) in [7, 11) is 0. The van der Waals surface area contributed by atoms with E-state index in [0.717, 1.165) is 12.0 Å². The van der Waals surface area contributed by atoms with Crippen LogP contribution in [0.1, 0.15) is 18.4 Å². The lowest BCUT2D eigenvalue weighted by Gasteiger charge is -2.39. The molecule has 3 N–H and O–H groups in total. The van der Waals surface area contributed by atoms with Crippen molar-refractivity contribution in [3.63, 3.8) is 0 Å². The highest BCUT2D eigenvalue weighted by atomic mass is 16.7. The van der Waals surface area contributed by atoms with Crippen molar-refractivity contribution in [2.45, 2.75) is 50.0 Å². The summed E-state index contributed by atoms with van der Waals surface area (Å²) in [6, 6.07) is 18.5. The van der Waals surface area contributed by atoms with Gasteiger partial charge in [-0.15, -0.1) is 0 Å². The Morgan fingerprint density at radius 2 is 1.55 bits per heavy atom. The van der Waals surface area contributed by atoms with Crippen LogP contribution in [0.2, 0.25) is 0 Å². The van der Waals surface area contributed by atoms with Crippen molar-refractivity contribution in [3.05, 3.63) is 66.2 Å². The Morgan fingerprint density at radius 3 is 2.24 bits per heavy atom. The summed E-state index contributed by atoms with van der Waals surface area (Å²) in [5, 5.41) is 30.4. The van der Waals surface area contributed by atoms with E-state index < -0.39 is 36.7 Å². The predicted molar refractivity (Wildman–Crippen MR) is 104 cm³/mol. The molecule has 29 heavy (non-hydrogen) atoms. The topological polar surface area (TPSA) is 105 Å². The fourth-order valence-corrected chi connectivity index (χ4v) is 3.11. The molecular weight excluding hydrogens is 376 g/mol. The van der Waals surface area contributed by atoms with Gasteiger partial charge in [-0.05, 0) is 30.5 Å². The normalized spacial score (nSPS) is 26.7. The number of aliphatic hydroxyl groups excluding tert-OH is 3. The highest BCUT2D eigenvalue weighted by Gasteiger charge is 2.45. The zero-order chi connectivity index (χ0) is 20.6. The summed E-state index contributed by atoms with van der Waals surface area (Å²) in [4.78, 5) is 12.0. The standard InChI is InChI=1S/C22H26O7/c23-18(13-7-10-15-8-3-1-4-9-15)27-14-17-19(24)20(25)21(26)22(29-17)28-16-11-5-2-6-12-16/h1-6,8-9,11-12,17,19-22,24-26H,7,10,13-14H2/t17-,19-,20+,21-,22-/m1/s1. The lowest BCUT2D eigenvalue weighted by molar-refractivity contribution is -0.278. The Bertz CT molecular complexity index is 752. The number of hydrogen-bond acceptors (Lipinski definition) is 7. The van der Waals surface area contributed by atoms with Crippen LogP contribution in [-0.4, -0.2) is 58.6 Å². The van der Waals surface area contributed by atoms with Gasteiger partial charge in [0.1, 0.15) is 36.8 Å². The lowest BCUT2D eigenvalue weighted by atomic mass is 9.99. The largest absolute Gasteiger partial charge is 0.463 e. The van der Waals surface area contributed by atoms with Crippen LogP contribution in [0.5, 0.6) is 5.75 Å². The molecule has 3 rings (SSSR count). The smallest absolute Gasteiger partial charge is 0.305 e. The number of ether oxygens (including phenoxy) is 3. The zero-order valence-electron chi connectivity index (χ0n) is 16.0. The van der Waals surface area contributed by atoms with E-state index in [1.165, 1.54) is 0 Å². The van der Waals surface area contributed by atoms with Crippen molar-refractivity contribution in [2.75, 3.05) is 6.61 Å². The van der Waals surface area contributed by atoms with Gasteiger partial charge in [-0.2, -0.15) is 0 Å². The molecule has 1 heterocycles. The van der Waals surface area contributed by atoms with E-state index in [-0.39, 0.29) is 13.0 Å². The molecule has 0 saturated carbocycles. The number of rotatable bonds is 8. The van der Waals surface area contributed by atoms with Gasteiger partial charge in [0.15, 0.2) is 0 Å². The van der Waals surface area contributed by atoms with E-state index in [1.807, 2.05) is 36.4 Å². The molecule has 0 amide bonds. The SMILES string of the molecule is O=C(CCCc1ccccc1)OC[C@H]1O[C@@H](Oc2ccccc2)[C@H](O)[C@@H](O)[C@@H]1O. The third-order valence-corrected chi connectivity index (χ3v) is 4.76. The first-order chi connectivity index (χ1) is 14.0. The van der Waals surface area contributed by atoms with Crippen molar-refractivity contribution in [1.29, 1.82) is 0 Å². The van der Waals surface area contributed by atoms with Crippen molar-refractivity contribution in [3.8, 4) is 5.75 Å². The van der Waals surface area contributed by atoms with Gasteiger partial charge >= 0.3 is 5.97 Å². The Labute approximate surface area is 169 Å². The second kappa shape index (κ2) is 10.4. The molecule has 0 unspecified atom stereocenters. The minimum Gasteiger partial charge on any atom is -0.463 e. The molecule has 0 bridgehead atoms. The number of aryl methyl sites for hydroxylation is 1. The summed E-state index contributed by atoms with van der Waals surface area (Å²) in [6.07, 6.45) is -4.92. The maximum absolute atomic E-state index is 12.0. The van der Waals surface area contributed by atoms with Crippen LogP contribution in [0.3, 0.4) is 0 Å². The molecule has 0 aliphatic carbocycles. The fraction of sp³-hybridized carbons (Fsp3) is 0.409. The van der Waals surface area contributed by atoms with Gasteiger partial charge in [0, 0.05) is 6.42 Å². The number of aliphatic hydroxyl groups is 3. The lowest BCUT2D eigenvalue weighted by Crippen LogP contribution is -2.60. The first-order valence-electron chi connectivity index (χ1n) is 9.65. The van der Waals surface area contributed by atoms with Gasteiger partial charge in [-0.25, -0.2) is 0 Å². The summed E-state index contributed by atoms with van der Waals surface area (Å²) in [5.41, 5.74) is 1.14. The van der Waals surface area contributed by atoms with Crippen LogP contribution in [0.25, 0.3) is 0 Å². The molecule has 5 atom stereocenters. The van der Waals surface area contributed by atoms with Gasteiger partial charge in [-0.1, -0.05) is 48.5 Å². The monoisotopic (exact) mass is 402 g/mol. The minimum atomic E-state index is -1.49. The van der Waals surface area contributed by atoms with E-state index in [1.54, 1.807) is 24.3 Å². The molecule has 2 aromatic rings. The van der Waals surface area contributed by atoms with E-state index >= 15 is 0 Å². The van der Waals surface area contributed by atoms with Crippen LogP contribution in [0.15, 0.2) is 60.7 Å². The summed E-state index contributed by atoms with van der Waals surface area (Å²) in [5.74, 6) is 0.0228. The highest BCUT2D eigenvalue weighted by Crippen LogP contribution is 2.24. The van der Waals surface area contributed by atoms with Crippen LogP contribution in [-0.2, 0) is 20.7 Å². The van der Waals surface area contributed by atoms with Crippen LogP contribution < -0.4 is 4.74 Å². The van der Waals surface area contributed by atoms with Crippen molar-refractivity contribution >= 4 is 5.97 Å². The third kappa shape index (κ3) is 6.01. The van der Waals surface area contributed by atoms with Crippen LogP contribution in [0.4, 0.5) is 0 Å². The molecular formula is C22H26O7. The molecule has 0 aromatic heterocycles. The molecule has 0 spiro atoms. The van der Waals surface area contributed by atoms with Gasteiger partial charge in [0.25, 0.3) is 0 Å². The Hall–Kier alpha value is -2.45. The van der Waals surface area contributed by atoms with Crippen LogP contribution >= 0.6 is 0 Å². The fourth-order valence-electron chi connectivity index (χ4n) is 3.11. The summed E-state index contributed by atoms with van der Waals surface area (Å²) < 4.78 is 16.3.